The van der Waals surface area contributed by atoms with Gasteiger partial charge in [0.2, 0.25) is 5.91 Å². The highest BCUT2D eigenvalue weighted by atomic mass is 16.5. The topological polar surface area (TPSA) is 55.4 Å². The van der Waals surface area contributed by atoms with Crippen LogP contribution in [0.4, 0.5) is 5.69 Å². The summed E-state index contributed by atoms with van der Waals surface area (Å²) >= 11 is 0. The van der Waals surface area contributed by atoms with Crippen LogP contribution in [0.15, 0.2) is 60.7 Å². The SMILES string of the molecule is CCOC(=O)C(Cc1ccccc1)C(=O)Nc1ccccc1. The Morgan fingerprint density at radius 1 is 1.00 bits per heavy atom. The van der Waals surface area contributed by atoms with Crippen LogP contribution in [0.3, 0.4) is 0 Å². The van der Waals surface area contributed by atoms with Gasteiger partial charge in [0.1, 0.15) is 5.92 Å². The average Bonchev–Trinajstić information content (AvgIpc) is 2.54. The van der Waals surface area contributed by atoms with Crippen molar-refractivity contribution in [3.63, 3.8) is 0 Å². The van der Waals surface area contributed by atoms with Crippen molar-refractivity contribution < 1.29 is 14.3 Å². The lowest BCUT2D eigenvalue weighted by molar-refractivity contribution is -0.150. The van der Waals surface area contributed by atoms with E-state index in [9.17, 15) is 9.59 Å². The molecular weight excluding hydrogens is 278 g/mol. The van der Waals surface area contributed by atoms with Crippen LogP contribution in [0, 0.1) is 5.92 Å². The van der Waals surface area contributed by atoms with Gasteiger partial charge in [-0.25, -0.2) is 0 Å². The average molecular weight is 297 g/mol. The molecule has 0 heterocycles. The summed E-state index contributed by atoms with van der Waals surface area (Å²) in [5.74, 6) is -1.71. The summed E-state index contributed by atoms with van der Waals surface area (Å²) in [4.78, 5) is 24.5. The van der Waals surface area contributed by atoms with E-state index in [0.717, 1.165) is 5.56 Å². The van der Waals surface area contributed by atoms with E-state index >= 15 is 0 Å². The monoisotopic (exact) mass is 297 g/mol. The highest BCUT2D eigenvalue weighted by Crippen LogP contribution is 2.14. The van der Waals surface area contributed by atoms with Gasteiger partial charge in [0.15, 0.2) is 0 Å². The van der Waals surface area contributed by atoms with Gasteiger partial charge in [-0.05, 0) is 31.0 Å². The molecule has 1 unspecified atom stereocenters. The molecule has 0 aromatic heterocycles. The minimum atomic E-state index is -0.859. The van der Waals surface area contributed by atoms with Crippen LogP contribution in [0.25, 0.3) is 0 Å². The lowest BCUT2D eigenvalue weighted by atomic mass is 9.98. The summed E-state index contributed by atoms with van der Waals surface area (Å²) < 4.78 is 5.04. The van der Waals surface area contributed by atoms with E-state index in [1.54, 1.807) is 19.1 Å². The van der Waals surface area contributed by atoms with Crippen molar-refractivity contribution in [2.45, 2.75) is 13.3 Å². The van der Waals surface area contributed by atoms with E-state index < -0.39 is 11.9 Å². The molecule has 0 aliphatic heterocycles. The van der Waals surface area contributed by atoms with E-state index in [1.807, 2.05) is 48.5 Å². The molecule has 2 aromatic carbocycles. The number of esters is 1. The Kier molecular flexibility index (Phi) is 5.72. The first kappa shape index (κ1) is 15.8. The number of ether oxygens (including phenoxy) is 1. The van der Waals surface area contributed by atoms with E-state index in [4.69, 9.17) is 4.74 Å². The van der Waals surface area contributed by atoms with E-state index in [-0.39, 0.29) is 12.5 Å². The molecule has 114 valence electrons. The van der Waals surface area contributed by atoms with Crippen LogP contribution < -0.4 is 5.32 Å². The Morgan fingerprint density at radius 3 is 2.18 bits per heavy atom. The van der Waals surface area contributed by atoms with E-state index in [2.05, 4.69) is 5.32 Å². The molecule has 4 nitrogen and oxygen atoms in total. The number of nitrogens with one attached hydrogen (secondary N) is 1. The van der Waals surface area contributed by atoms with Crippen LogP contribution >= 0.6 is 0 Å². The third-order valence-electron chi connectivity index (χ3n) is 3.21. The highest BCUT2D eigenvalue weighted by molar-refractivity contribution is 6.05. The van der Waals surface area contributed by atoms with Crippen LogP contribution in [-0.4, -0.2) is 18.5 Å². The van der Waals surface area contributed by atoms with Gasteiger partial charge in [-0.15, -0.1) is 0 Å². The lowest BCUT2D eigenvalue weighted by Crippen LogP contribution is -2.33. The van der Waals surface area contributed by atoms with Gasteiger partial charge in [-0.1, -0.05) is 48.5 Å². The normalized spacial score (nSPS) is 11.5. The molecule has 0 bridgehead atoms. The van der Waals surface area contributed by atoms with Crippen LogP contribution in [0.2, 0.25) is 0 Å². The largest absolute Gasteiger partial charge is 0.465 e. The number of rotatable bonds is 6. The van der Waals surface area contributed by atoms with Crippen molar-refractivity contribution in [3.8, 4) is 0 Å². The van der Waals surface area contributed by atoms with Crippen molar-refractivity contribution in [2.24, 2.45) is 5.92 Å². The van der Waals surface area contributed by atoms with Crippen molar-refractivity contribution >= 4 is 17.6 Å². The molecule has 1 atom stereocenters. The number of carbonyl (C=O) groups is 2. The molecule has 2 aromatic rings. The van der Waals surface area contributed by atoms with Crippen molar-refractivity contribution in [2.75, 3.05) is 11.9 Å². The standard InChI is InChI=1S/C18H19NO3/c1-2-22-18(21)16(13-14-9-5-3-6-10-14)17(20)19-15-11-7-4-8-12-15/h3-12,16H,2,13H2,1H3,(H,19,20). The van der Waals surface area contributed by atoms with Crippen LogP contribution in [0.5, 0.6) is 0 Å². The van der Waals surface area contributed by atoms with Gasteiger partial charge in [-0.3, -0.25) is 9.59 Å². The second-order valence-electron chi connectivity index (χ2n) is 4.85. The van der Waals surface area contributed by atoms with Gasteiger partial charge in [0.25, 0.3) is 0 Å². The maximum atomic E-state index is 12.4. The number of amides is 1. The van der Waals surface area contributed by atoms with Gasteiger partial charge in [0, 0.05) is 5.69 Å². The van der Waals surface area contributed by atoms with Gasteiger partial charge >= 0.3 is 5.97 Å². The summed E-state index contributed by atoms with van der Waals surface area (Å²) in [7, 11) is 0. The molecule has 1 amide bonds. The fourth-order valence-corrected chi connectivity index (χ4v) is 2.13. The Bertz CT molecular complexity index is 611. The predicted molar refractivity (Wildman–Crippen MR) is 85.3 cm³/mol. The summed E-state index contributed by atoms with van der Waals surface area (Å²) in [6, 6.07) is 18.5. The number of carbonyl (C=O) groups excluding carboxylic acids is 2. The first-order valence-electron chi connectivity index (χ1n) is 7.27. The Labute approximate surface area is 130 Å². The van der Waals surface area contributed by atoms with Gasteiger partial charge in [0.05, 0.1) is 6.61 Å². The Balaban J connectivity index is 2.13. The summed E-state index contributed by atoms with van der Waals surface area (Å²) in [6.45, 7) is 1.98. The van der Waals surface area contributed by atoms with E-state index in [1.165, 1.54) is 0 Å². The molecule has 1 N–H and O–H groups in total. The smallest absolute Gasteiger partial charge is 0.318 e. The fourth-order valence-electron chi connectivity index (χ4n) is 2.13. The first-order chi connectivity index (χ1) is 10.7. The molecule has 0 saturated heterocycles. The summed E-state index contributed by atoms with van der Waals surface area (Å²) in [6.07, 6.45) is 0.318. The second kappa shape index (κ2) is 7.98. The zero-order valence-electron chi connectivity index (χ0n) is 12.5. The number of hydrogen-bond acceptors (Lipinski definition) is 3. The van der Waals surface area contributed by atoms with Gasteiger partial charge < -0.3 is 10.1 Å². The van der Waals surface area contributed by atoms with Crippen LogP contribution in [0.1, 0.15) is 12.5 Å². The number of benzene rings is 2. The maximum absolute atomic E-state index is 12.4. The molecule has 0 fully saturated rings. The molecule has 22 heavy (non-hydrogen) atoms. The predicted octanol–water partition coefficient (Wildman–Crippen LogP) is 3.05. The molecule has 0 aliphatic carbocycles. The van der Waals surface area contributed by atoms with Crippen molar-refractivity contribution in [1.29, 1.82) is 0 Å². The summed E-state index contributed by atoms with van der Waals surface area (Å²) in [5, 5.41) is 2.76. The Hall–Kier alpha value is -2.62. The quantitative estimate of drug-likeness (QED) is 0.658. The zero-order valence-corrected chi connectivity index (χ0v) is 12.5. The first-order valence-corrected chi connectivity index (χ1v) is 7.27. The minimum Gasteiger partial charge on any atom is -0.465 e. The third-order valence-corrected chi connectivity index (χ3v) is 3.21. The Morgan fingerprint density at radius 2 is 1.59 bits per heavy atom. The number of anilines is 1. The highest BCUT2D eigenvalue weighted by Gasteiger charge is 2.28. The van der Waals surface area contributed by atoms with Crippen LogP contribution in [-0.2, 0) is 20.7 Å². The molecule has 0 radical (unpaired) electrons. The lowest BCUT2D eigenvalue weighted by Gasteiger charge is -2.15. The molecule has 2 rings (SSSR count). The molecule has 0 saturated carbocycles. The molecule has 0 aliphatic rings. The van der Waals surface area contributed by atoms with Crippen molar-refractivity contribution in [3.05, 3.63) is 66.2 Å². The third kappa shape index (κ3) is 4.45. The number of para-hydroxylation sites is 1. The zero-order chi connectivity index (χ0) is 15.8. The fraction of sp³-hybridized carbons (Fsp3) is 0.222. The van der Waals surface area contributed by atoms with E-state index in [0.29, 0.717) is 12.1 Å². The molecule has 4 heteroatoms. The van der Waals surface area contributed by atoms with Gasteiger partial charge in [-0.2, -0.15) is 0 Å². The second-order valence-corrected chi connectivity index (χ2v) is 4.85. The molecular formula is C18H19NO3. The maximum Gasteiger partial charge on any atom is 0.318 e. The number of hydrogen-bond donors (Lipinski definition) is 1. The molecule has 0 spiro atoms. The minimum absolute atomic E-state index is 0.253. The summed E-state index contributed by atoms with van der Waals surface area (Å²) in [5.41, 5.74) is 1.58. The van der Waals surface area contributed by atoms with Crippen molar-refractivity contribution in [1.82, 2.24) is 0 Å².